The van der Waals surface area contributed by atoms with Gasteiger partial charge in [0.05, 0.1) is 5.56 Å². The highest BCUT2D eigenvalue weighted by molar-refractivity contribution is 9.10. The van der Waals surface area contributed by atoms with Gasteiger partial charge in [0.25, 0.3) is 0 Å². The predicted molar refractivity (Wildman–Crippen MR) is 65.0 cm³/mol. The Morgan fingerprint density at radius 1 is 1.35 bits per heavy atom. The molecule has 1 fully saturated rings. The third-order valence-electron chi connectivity index (χ3n) is 3.00. The summed E-state index contributed by atoms with van der Waals surface area (Å²) in [5.41, 5.74) is -0.106. The highest BCUT2D eigenvalue weighted by Gasteiger charge is 2.33. The number of alkyl halides is 3. The quantitative estimate of drug-likeness (QED) is 0.855. The van der Waals surface area contributed by atoms with Gasteiger partial charge in [-0.3, -0.25) is 0 Å². The highest BCUT2D eigenvalue weighted by atomic mass is 79.9. The lowest BCUT2D eigenvalue weighted by Gasteiger charge is -2.16. The van der Waals surface area contributed by atoms with Crippen LogP contribution in [0.4, 0.5) is 18.9 Å². The van der Waals surface area contributed by atoms with Crippen molar-refractivity contribution in [2.75, 3.05) is 5.32 Å². The molecule has 0 heterocycles. The van der Waals surface area contributed by atoms with Gasteiger partial charge >= 0.3 is 6.18 Å². The molecule has 17 heavy (non-hydrogen) atoms. The van der Waals surface area contributed by atoms with Crippen molar-refractivity contribution < 1.29 is 13.2 Å². The van der Waals surface area contributed by atoms with E-state index in [4.69, 9.17) is 0 Å². The summed E-state index contributed by atoms with van der Waals surface area (Å²) in [4.78, 5) is 0. The molecule has 0 aromatic heterocycles. The second kappa shape index (κ2) is 4.52. The summed E-state index contributed by atoms with van der Waals surface area (Å²) in [6, 6.07) is 4.49. The number of hydrogen-bond acceptors (Lipinski definition) is 1. The van der Waals surface area contributed by atoms with Gasteiger partial charge in [0.1, 0.15) is 0 Å². The van der Waals surface area contributed by atoms with Crippen molar-refractivity contribution in [3.63, 3.8) is 0 Å². The highest BCUT2D eigenvalue weighted by Crippen LogP contribution is 2.38. The first-order valence-electron chi connectivity index (χ1n) is 5.51. The summed E-state index contributed by atoms with van der Waals surface area (Å²) in [6.07, 6.45) is -1.99. The minimum atomic E-state index is -4.32. The van der Waals surface area contributed by atoms with Gasteiger partial charge in [-0.15, -0.1) is 0 Å². The molecule has 1 unspecified atom stereocenters. The van der Waals surface area contributed by atoms with Crippen LogP contribution in [0.1, 0.15) is 25.3 Å². The molecule has 94 valence electrons. The molecule has 0 saturated heterocycles. The Kier molecular flexibility index (Phi) is 3.39. The Labute approximate surface area is 107 Å². The average Bonchev–Trinajstić information content (AvgIpc) is 3.02. The van der Waals surface area contributed by atoms with Crippen LogP contribution < -0.4 is 5.32 Å². The number of rotatable bonds is 3. The van der Waals surface area contributed by atoms with Gasteiger partial charge in [0.2, 0.25) is 0 Å². The van der Waals surface area contributed by atoms with Gasteiger partial charge in [-0.05, 0) is 43.9 Å². The van der Waals surface area contributed by atoms with E-state index in [1.807, 2.05) is 6.92 Å². The van der Waals surface area contributed by atoms with Crippen LogP contribution >= 0.6 is 15.9 Å². The standard InChI is InChI=1S/C12H13BrF3N/c1-7(8-2-3-8)17-9-4-5-11(13)10(6-9)12(14,15)16/h4-8,17H,2-3H2,1H3. The van der Waals surface area contributed by atoms with Gasteiger partial charge in [0.15, 0.2) is 0 Å². The lowest BCUT2D eigenvalue weighted by atomic mass is 10.1. The first-order valence-corrected chi connectivity index (χ1v) is 6.30. The van der Waals surface area contributed by atoms with Crippen LogP contribution in [-0.4, -0.2) is 6.04 Å². The van der Waals surface area contributed by atoms with Crippen molar-refractivity contribution in [3.8, 4) is 0 Å². The minimum Gasteiger partial charge on any atom is -0.382 e. The number of nitrogens with one attached hydrogen (secondary N) is 1. The normalized spacial score (nSPS) is 17.9. The molecule has 2 rings (SSSR count). The van der Waals surface area contributed by atoms with E-state index >= 15 is 0 Å². The maximum Gasteiger partial charge on any atom is 0.417 e. The summed E-state index contributed by atoms with van der Waals surface area (Å²) >= 11 is 2.93. The molecule has 1 aromatic carbocycles. The largest absolute Gasteiger partial charge is 0.417 e. The van der Waals surface area contributed by atoms with Crippen LogP contribution in [-0.2, 0) is 6.18 Å². The predicted octanol–water partition coefficient (Wildman–Crippen LogP) is 4.68. The van der Waals surface area contributed by atoms with Gasteiger partial charge in [0, 0.05) is 16.2 Å². The van der Waals surface area contributed by atoms with E-state index in [-0.39, 0.29) is 10.5 Å². The first-order chi connectivity index (χ1) is 7.88. The molecule has 0 aliphatic heterocycles. The van der Waals surface area contributed by atoms with Crippen molar-refractivity contribution in [1.82, 2.24) is 0 Å². The van der Waals surface area contributed by atoms with E-state index in [1.54, 1.807) is 6.07 Å². The summed E-state index contributed by atoms with van der Waals surface area (Å²) in [5.74, 6) is 0.605. The monoisotopic (exact) mass is 307 g/mol. The van der Waals surface area contributed by atoms with E-state index in [9.17, 15) is 13.2 Å². The van der Waals surface area contributed by atoms with Crippen molar-refractivity contribution in [1.29, 1.82) is 0 Å². The van der Waals surface area contributed by atoms with Crippen molar-refractivity contribution >= 4 is 21.6 Å². The molecule has 5 heteroatoms. The maximum absolute atomic E-state index is 12.7. The van der Waals surface area contributed by atoms with Crippen LogP contribution in [0.25, 0.3) is 0 Å². The number of anilines is 1. The Morgan fingerprint density at radius 2 is 2.00 bits per heavy atom. The molecule has 0 amide bonds. The first kappa shape index (κ1) is 12.7. The van der Waals surface area contributed by atoms with Gasteiger partial charge < -0.3 is 5.32 Å². The fourth-order valence-electron chi connectivity index (χ4n) is 1.81. The zero-order valence-electron chi connectivity index (χ0n) is 9.31. The van der Waals surface area contributed by atoms with Crippen LogP contribution in [0, 0.1) is 5.92 Å². The summed E-state index contributed by atoms with van der Waals surface area (Å²) in [7, 11) is 0. The third-order valence-corrected chi connectivity index (χ3v) is 3.69. The Bertz CT molecular complexity index is 413. The molecule has 1 aliphatic carbocycles. The molecule has 0 bridgehead atoms. The Morgan fingerprint density at radius 3 is 2.53 bits per heavy atom. The van der Waals surface area contributed by atoms with E-state index in [1.165, 1.54) is 6.07 Å². The van der Waals surface area contributed by atoms with Crippen LogP contribution in [0.15, 0.2) is 22.7 Å². The Hall–Kier alpha value is -0.710. The molecular formula is C12H13BrF3N. The zero-order chi connectivity index (χ0) is 12.6. The van der Waals surface area contributed by atoms with Gasteiger partial charge in [-0.2, -0.15) is 13.2 Å². The molecule has 0 spiro atoms. The topological polar surface area (TPSA) is 12.0 Å². The van der Waals surface area contributed by atoms with E-state index in [0.717, 1.165) is 18.9 Å². The molecular weight excluding hydrogens is 295 g/mol. The fraction of sp³-hybridized carbons (Fsp3) is 0.500. The number of halogens is 4. The summed E-state index contributed by atoms with van der Waals surface area (Å²) in [6.45, 7) is 2.01. The van der Waals surface area contributed by atoms with Gasteiger partial charge in [-0.25, -0.2) is 0 Å². The fourth-order valence-corrected chi connectivity index (χ4v) is 2.28. The van der Waals surface area contributed by atoms with E-state index in [2.05, 4.69) is 21.2 Å². The average molecular weight is 308 g/mol. The Balaban J connectivity index is 2.18. The second-order valence-corrected chi connectivity index (χ2v) is 5.32. The lowest BCUT2D eigenvalue weighted by molar-refractivity contribution is -0.138. The van der Waals surface area contributed by atoms with Gasteiger partial charge in [-0.1, -0.05) is 15.9 Å². The second-order valence-electron chi connectivity index (χ2n) is 4.46. The molecule has 1 aromatic rings. The van der Waals surface area contributed by atoms with Crippen molar-refractivity contribution in [2.45, 2.75) is 32.0 Å². The number of benzene rings is 1. The number of hydrogen-bond donors (Lipinski definition) is 1. The summed E-state index contributed by atoms with van der Waals surface area (Å²) in [5, 5.41) is 3.12. The minimum absolute atomic E-state index is 0.0784. The van der Waals surface area contributed by atoms with Crippen molar-refractivity contribution in [3.05, 3.63) is 28.2 Å². The third kappa shape index (κ3) is 3.15. The smallest absolute Gasteiger partial charge is 0.382 e. The maximum atomic E-state index is 12.7. The van der Waals surface area contributed by atoms with Crippen LogP contribution in [0.2, 0.25) is 0 Å². The SMILES string of the molecule is CC(Nc1ccc(Br)c(C(F)(F)F)c1)C1CC1. The molecule has 1 N–H and O–H groups in total. The molecule has 1 aliphatic rings. The van der Waals surface area contributed by atoms with Crippen LogP contribution in [0.3, 0.4) is 0 Å². The molecule has 0 radical (unpaired) electrons. The van der Waals surface area contributed by atoms with E-state index < -0.39 is 11.7 Å². The van der Waals surface area contributed by atoms with Crippen LogP contribution in [0.5, 0.6) is 0 Å². The van der Waals surface area contributed by atoms with E-state index in [0.29, 0.717) is 11.6 Å². The molecule has 1 saturated carbocycles. The zero-order valence-corrected chi connectivity index (χ0v) is 10.9. The molecule has 1 atom stereocenters. The lowest BCUT2D eigenvalue weighted by Crippen LogP contribution is -2.18. The van der Waals surface area contributed by atoms with Crippen molar-refractivity contribution in [2.24, 2.45) is 5.92 Å². The molecule has 1 nitrogen and oxygen atoms in total. The summed E-state index contributed by atoms with van der Waals surface area (Å²) < 4.78 is 38.1.